The fourth-order valence-electron chi connectivity index (χ4n) is 2.03. The minimum Gasteiger partial charge on any atom is -0.465 e. The van der Waals surface area contributed by atoms with E-state index in [1.807, 2.05) is 44.2 Å². The third-order valence-corrected chi connectivity index (χ3v) is 3.40. The number of methoxy groups -OCH3 is 1. The molecular weight excluding hydrogens is 318 g/mol. The van der Waals surface area contributed by atoms with Gasteiger partial charge in [0.05, 0.1) is 12.7 Å². The summed E-state index contributed by atoms with van der Waals surface area (Å²) in [7, 11) is 3.03. The number of carbonyl (C=O) groups excluding carboxylic acids is 2. The highest BCUT2D eigenvalue weighted by Crippen LogP contribution is 2.27. The van der Waals surface area contributed by atoms with E-state index in [-0.39, 0.29) is 5.91 Å². The van der Waals surface area contributed by atoms with E-state index in [0.717, 1.165) is 5.56 Å². The van der Waals surface area contributed by atoms with Gasteiger partial charge in [0.2, 0.25) is 5.91 Å². The monoisotopic (exact) mass is 343 g/mol. The lowest BCUT2D eigenvalue weighted by atomic mass is 10.1. The van der Waals surface area contributed by atoms with E-state index in [1.54, 1.807) is 30.1 Å². The average molecular weight is 343 g/mol. The topological polar surface area (TPSA) is 55.8 Å². The van der Waals surface area contributed by atoms with Gasteiger partial charge in [0.25, 0.3) is 0 Å². The summed E-state index contributed by atoms with van der Waals surface area (Å²) in [6.45, 7) is 5.82. The summed E-state index contributed by atoms with van der Waals surface area (Å²) in [6.07, 6.45) is 0. The van der Waals surface area contributed by atoms with Crippen molar-refractivity contribution in [3.63, 3.8) is 0 Å². The van der Waals surface area contributed by atoms with Crippen molar-refractivity contribution in [1.82, 2.24) is 4.90 Å². The molecule has 134 valence electrons. The molecule has 0 radical (unpaired) electrons. The Morgan fingerprint density at radius 3 is 2.24 bits per heavy atom. The third kappa shape index (κ3) is 5.95. The summed E-state index contributed by atoms with van der Waals surface area (Å²) in [5, 5.41) is 0. The van der Waals surface area contributed by atoms with Gasteiger partial charge >= 0.3 is 5.97 Å². The number of para-hydroxylation sites is 1. The van der Waals surface area contributed by atoms with Gasteiger partial charge in [-0.25, -0.2) is 4.79 Å². The second kappa shape index (κ2) is 10.1. The first-order valence-corrected chi connectivity index (χ1v) is 8.17. The van der Waals surface area contributed by atoms with Crippen LogP contribution in [0.1, 0.15) is 36.7 Å². The molecule has 5 heteroatoms. The van der Waals surface area contributed by atoms with Crippen molar-refractivity contribution in [2.45, 2.75) is 27.3 Å². The lowest BCUT2D eigenvalue weighted by molar-refractivity contribution is -0.128. The van der Waals surface area contributed by atoms with Crippen LogP contribution in [0.4, 0.5) is 0 Å². The summed E-state index contributed by atoms with van der Waals surface area (Å²) in [5.41, 5.74) is 1.15. The zero-order chi connectivity index (χ0) is 18.8. The molecule has 0 saturated carbocycles. The summed E-state index contributed by atoms with van der Waals surface area (Å²) in [5.74, 6) is 0.782. The first-order chi connectivity index (χ1) is 12.0. The highest BCUT2D eigenvalue weighted by molar-refractivity contribution is 5.89. The Kier molecular flexibility index (Phi) is 8.19. The molecule has 0 atom stereocenters. The van der Waals surface area contributed by atoms with Crippen molar-refractivity contribution >= 4 is 11.9 Å². The molecule has 0 aliphatic heterocycles. The summed E-state index contributed by atoms with van der Waals surface area (Å²) in [4.78, 5) is 24.7. The molecule has 0 bridgehead atoms. The van der Waals surface area contributed by atoms with Gasteiger partial charge in [0.15, 0.2) is 0 Å². The van der Waals surface area contributed by atoms with Gasteiger partial charge in [-0.1, -0.05) is 32.0 Å². The summed E-state index contributed by atoms with van der Waals surface area (Å²) >= 11 is 0. The first kappa shape index (κ1) is 20.2. The maximum Gasteiger partial charge on any atom is 0.337 e. The molecular formula is C20H25NO4. The molecule has 0 aromatic heterocycles. The Balaban J connectivity index is 0.00000151. The van der Waals surface area contributed by atoms with Crippen LogP contribution in [0.3, 0.4) is 0 Å². The molecule has 0 heterocycles. The molecule has 0 unspecified atom stereocenters. The number of ether oxygens (including phenoxy) is 2. The van der Waals surface area contributed by atoms with Crippen LogP contribution < -0.4 is 4.74 Å². The highest BCUT2D eigenvalue weighted by atomic mass is 16.5. The molecule has 25 heavy (non-hydrogen) atoms. The maximum atomic E-state index is 11.7. The van der Waals surface area contributed by atoms with Crippen LogP contribution in [-0.4, -0.2) is 30.9 Å². The van der Waals surface area contributed by atoms with Gasteiger partial charge < -0.3 is 14.4 Å². The van der Waals surface area contributed by atoms with Crippen LogP contribution >= 0.6 is 0 Å². The van der Waals surface area contributed by atoms with Gasteiger partial charge in [0, 0.05) is 26.1 Å². The predicted molar refractivity (Wildman–Crippen MR) is 97.8 cm³/mol. The second-order valence-corrected chi connectivity index (χ2v) is 5.10. The molecule has 1 amide bonds. The smallest absolute Gasteiger partial charge is 0.337 e. The zero-order valence-electron chi connectivity index (χ0n) is 15.4. The lowest BCUT2D eigenvalue weighted by Crippen LogP contribution is -2.23. The van der Waals surface area contributed by atoms with Crippen LogP contribution in [0.15, 0.2) is 48.5 Å². The van der Waals surface area contributed by atoms with Gasteiger partial charge in [-0.3, -0.25) is 4.79 Å². The number of carbonyl (C=O) groups is 2. The van der Waals surface area contributed by atoms with E-state index in [4.69, 9.17) is 9.47 Å². The summed E-state index contributed by atoms with van der Waals surface area (Å²) < 4.78 is 10.6. The first-order valence-electron chi connectivity index (χ1n) is 8.17. The fourth-order valence-corrected chi connectivity index (χ4v) is 2.03. The third-order valence-electron chi connectivity index (χ3n) is 3.40. The fraction of sp³-hybridized carbons (Fsp3) is 0.300. The number of nitrogens with zero attached hydrogens (tertiary/aromatic N) is 1. The molecule has 2 aromatic carbocycles. The van der Waals surface area contributed by atoms with Gasteiger partial charge in [-0.15, -0.1) is 0 Å². The quantitative estimate of drug-likeness (QED) is 0.761. The van der Waals surface area contributed by atoms with Crippen molar-refractivity contribution in [2.24, 2.45) is 0 Å². The number of amides is 1. The SMILES string of the molecule is CC.COC(=O)c1ccc(Oc2ccccc2)c(CN(C)C(C)=O)c1. The molecule has 0 aliphatic carbocycles. The highest BCUT2D eigenvalue weighted by Gasteiger charge is 2.14. The Morgan fingerprint density at radius 1 is 1.04 bits per heavy atom. The van der Waals surface area contributed by atoms with Crippen LogP contribution in [0.2, 0.25) is 0 Å². The van der Waals surface area contributed by atoms with E-state index in [2.05, 4.69) is 0 Å². The Morgan fingerprint density at radius 2 is 1.68 bits per heavy atom. The number of rotatable bonds is 5. The Labute approximate surface area is 149 Å². The summed E-state index contributed by atoms with van der Waals surface area (Å²) in [6, 6.07) is 14.4. The van der Waals surface area contributed by atoms with Crippen LogP contribution in [0.25, 0.3) is 0 Å². The normalized spacial score (nSPS) is 9.48. The van der Waals surface area contributed by atoms with E-state index in [9.17, 15) is 9.59 Å². The number of hydrogen-bond donors (Lipinski definition) is 0. The lowest BCUT2D eigenvalue weighted by Gasteiger charge is -2.18. The van der Waals surface area contributed by atoms with E-state index in [0.29, 0.717) is 23.6 Å². The Bertz CT molecular complexity index is 698. The number of esters is 1. The minimum atomic E-state index is -0.428. The molecule has 5 nitrogen and oxygen atoms in total. The molecule has 0 saturated heterocycles. The van der Waals surface area contributed by atoms with Crippen molar-refractivity contribution in [2.75, 3.05) is 14.2 Å². The van der Waals surface area contributed by atoms with Crippen molar-refractivity contribution in [1.29, 1.82) is 0 Å². The van der Waals surface area contributed by atoms with E-state index >= 15 is 0 Å². The van der Waals surface area contributed by atoms with Crippen LogP contribution in [-0.2, 0) is 16.1 Å². The minimum absolute atomic E-state index is 0.0702. The maximum absolute atomic E-state index is 11.7. The number of hydrogen-bond acceptors (Lipinski definition) is 4. The number of benzene rings is 2. The van der Waals surface area contributed by atoms with Gasteiger partial charge in [-0.2, -0.15) is 0 Å². The van der Waals surface area contributed by atoms with Crippen molar-refractivity contribution in [3.05, 3.63) is 59.7 Å². The van der Waals surface area contributed by atoms with Gasteiger partial charge in [0.1, 0.15) is 11.5 Å². The molecule has 0 aliphatic rings. The molecule has 2 aromatic rings. The van der Waals surface area contributed by atoms with E-state index in [1.165, 1.54) is 14.0 Å². The van der Waals surface area contributed by atoms with E-state index < -0.39 is 5.97 Å². The molecule has 0 N–H and O–H groups in total. The molecule has 0 spiro atoms. The Hall–Kier alpha value is -2.82. The van der Waals surface area contributed by atoms with Crippen LogP contribution in [0, 0.1) is 0 Å². The molecule has 0 fully saturated rings. The zero-order valence-corrected chi connectivity index (χ0v) is 15.4. The average Bonchev–Trinajstić information content (AvgIpc) is 2.64. The second-order valence-electron chi connectivity index (χ2n) is 5.10. The van der Waals surface area contributed by atoms with Crippen LogP contribution in [0.5, 0.6) is 11.5 Å². The van der Waals surface area contributed by atoms with Crippen molar-refractivity contribution < 1.29 is 19.1 Å². The predicted octanol–water partition coefficient (Wildman–Crippen LogP) is 4.27. The van der Waals surface area contributed by atoms with Gasteiger partial charge in [-0.05, 0) is 30.3 Å². The largest absolute Gasteiger partial charge is 0.465 e. The standard InChI is InChI=1S/C18H19NO4.C2H6/c1-13(20)19(2)12-15-11-14(18(21)22-3)9-10-17(15)23-16-7-5-4-6-8-16;1-2/h4-11H,12H2,1-3H3;1-2H3. The van der Waals surface area contributed by atoms with Crippen molar-refractivity contribution in [3.8, 4) is 11.5 Å². The molecule has 2 rings (SSSR count).